The standard InChI is InChI=1S/C8H15NO2.C2H4O2/c1-9-8(10)11-7-5-3-2-4-6-7;1-2(3)4/h7H,2-6H2,1H3,(H,9,10);1H3,(H,3,4). The van der Waals surface area contributed by atoms with E-state index < -0.39 is 5.97 Å². The number of carboxylic acid groups (broad SMARTS) is 1. The highest BCUT2D eigenvalue weighted by atomic mass is 16.6. The summed E-state index contributed by atoms with van der Waals surface area (Å²) in [5.74, 6) is -0.833. The van der Waals surface area contributed by atoms with E-state index in [1.807, 2.05) is 0 Å². The van der Waals surface area contributed by atoms with Crippen molar-refractivity contribution in [3.8, 4) is 0 Å². The van der Waals surface area contributed by atoms with Crippen molar-refractivity contribution in [1.82, 2.24) is 5.32 Å². The average molecular weight is 217 g/mol. The molecule has 88 valence electrons. The maximum absolute atomic E-state index is 10.7. The lowest BCUT2D eigenvalue weighted by Gasteiger charge is -2.21. The van der Waals surface area contributed by atoms with Gasteiger partial charge in [-0.15, -0.1) is 0 Å². The summed E-state index contributed by atoms with van der Waals surface area (Å²) in [6.07, 6.45) is 5.62. The highest BCUT2D eigenvalue weighted by molar-refractivity contribution is 5.66. The Morgan fingerprint density at radius 2 is 1.73 bits per heavy atom. The number of aliphatic carboxylic acids is 1. The third-order valence-electron chi connectivity index (χ3n) is 2.03. The van der Waals surface area contributed by atoms with Crippen LogP contribution in [0.4, 0.5) is 4.79 Å². The van der Waals surface area contributed by atoms with Gasteiger partial charge in [-0.1, -0.05) is 6.42 Å². The number of hydrogen-bond donors (Lipinski definition) is 2. The second kappa shape index (κ2) is 8.08. The highest BCUT2D eigenvalue weighted by Crippen LogP contribution is 2.19. The molecule has 1 fully saturated rings. The second-order valence-corrected chi connectivity index (χ2v) is 3.43. The van der Waals surface area contributed by atoms with Crippen molar-refractivity contribution < 1.29 is 19.4 Å². The first-order valence-corrected chi connectivity index (χ1v) is 5.14. The minimum Gasteiger partial charge on any atom is -0.481 e. The van der Waals surface area contributed by atoms with Crippen molar-refractivity contribution in [3.63, 3.8) is 0 Å². The summed E-state index contributed by atoms with van der Waals surface area (Å²) in [5, 5.41) is 9.87. The van der Waals surface area contributed by atoms with Gasteiger partial charge in [0.05, 0.1) is 0 Å². The number of amides is 1. The zero-order valence-corrected chi connectivity index (χ0v) is 9.28. The highest BCUT2D eigenvalue weighted by Gasteiger charge is 2.16. The van der Waals surface area contributed by atoms with E-state index in [1.165, 1.54) is 19.3 Å². The predicted octanol–water partition coefficient (Wildman–Crippen LogP) is 1.77. The number of carbonyl (C=O) groups is 2. The normalized spacial score (nSPS) is 15.9. The maximum Gasteiger partial charge on any atom is 0.407 e. The molecule has 1 aliphatic rings. The average Bonchev–Trinajstić information content (AvgIpc) is 2.18. The van der Waals surface area contributed by atoms with E-state index in [0.717, 1.165) is 19.8 Å². The van der Waals surface area contributed by atoms with Gasteiger partial charge in [0, 0.05) is 14.0 Å². The number of carbonyl (C=O) groups excluding carboxylic acids is 1. The number of nitrogens with one attached hydrogen (secondary N) is 1. The molecule has 0 radical (unpaired) electrons. The Labute approximate surface area is 89.8 Å². The zero-order chi connectivity index (χ0) is 11.7. The van der Waals surface area contributed by atoms with Gasteiger partial charge < -0.3 is 15.2 Å². The zero-order valence-electron chi connectivity index (χ0n) is 9.28. The van der Waals surface area contributed by atoms with E-state index in [4.69, 9.17) is 14.6 Å². The van der Waals surface area contributed by atoms with Gasteiger partial charge >= 0.3 is 6.09 Å². The summed E-state index contributed by atoms with van der Waals surface area (Å²) in [6, 6.07) is 0. The Morgan fingerprint density at radius 1 is 1.27 bits per heavy atom. The summed E-state index contributed by atoms with van der Waals surface area (Å²) in [5.41, 5.74) is 0. The number of ether oxygens (including phenoxy) is 1. The summed E-state index contributed by atoms with van der Waals surface area (Å²) < 4.78 is 5.09. The van der Waals surface area contributed by atoms with Crippen molar-refractivity contribution in [2.24, 2.45) is 0 Å². The smallest absolute Gasteiger partial charge is 0.407 e. The van der Waals surface area contributed by atoms with Gasteiger partial charge in [-0.2, -0.15) is 0 Å². The lowest BCUT2D eigenvalue weighted by atomic mass is 9.98. The van der Waals surface area contributed by atoms with Gasteiger partial charge in [0.25, 0.3) is 5.97 Å². The lowest BCUT2D eigenvalue weighted by Crippen LogP contribution is -2.27. The molecule has 0 saturated heterocycles. The second-order valence-electron chi connectivity index (χ2n) is 3.43. The van der Waals surface area contributed by atoms with E-state index in [1.54, 1.807) is 7.05 Å². The van der Waals surface area contributed by atoms with Crippen LogP contribution in [0.5, 0.6) is 0 Å². The molecule has 0 spiro atoms. The van der Waals surface area contributed by atoms with Crippen LogP contribution in [0.15, 0.2) is 0 Å². The quantitative estimate of drug-likeness (QED) is 0.701. The first kappa shape index (κ1) is 13.7. The summed E-state index contributed by atoms with van der Waals surface area (Å²) in [7, 11) is 1.59. The van der Waals surface area contributed by atoms with Crippen LogP contribution in [0.3, 0.4) is 0 Å². The SMILES string of the molecule is CC(=O)O.CNC(=O)OC1CCCCC1. The number of hydrogen-bond acceptors (Lipinski definition) is 3. The number of alkyl carbamates (subject to hydrolysis) is 1. The van der Waals surface area contributed by atoms with Crippen LogP contribution in [-0.4, -0.2) is 30.3 Å². The van der Waals surface area contributed by atoms with Gasteiger partial charge in [-0.3, -0.25) is 4.79 Å². The number of carboxylic acids is 1. The number of rotatable bonds is 1. The van der Waals surface area contributed by atoms with Crippen LogP contribution in [0.25, 0.3) is 0 Å². The minimum atomic E-state index is -0.833. The fourth-order valence-corrected chi connectivity index (χ4v) is 1.39. The molecule has 0 atom stereocenters. The molecule has 1 rings (SSSR count). The fourth-order valence-electron chi connectivity index (χ4n) is 1.39. The van der Waals surface area contributed by atoms with Gasteiger partial charge in [-0.25, -0.2) is 4.79 Å². The van der Waals surface area contributed by atoms with Gasteiger partial charge in [-0.05, 0) is 25.7 Å². The Balaban J connectivity index is 0.000000423. The predicted molar refractivity (Wildman–Crippen MR) is 55.7 cm³/mol. The van der Waals surface area contributed by atoms with Crippen molar-refractivity contribution in [2.45, 2.75) is 45.1 Å². The molecule has 0 unspecified atom stereocenters. The molecule has 0 bridgehead atoms. The minimum absolute atomic E-state index is 0.170. The van der Waals surface area contributed by atoms with Crippen LogP contribution in [-0.2, 0) is 9.53 Å². The van der Waals surface area contributed by atoms with E-state index in [-0.39, 0.29) is 12.2 Å². The summed E-state index contributed by atoms with van der Waals surface area (Å²) >= 11 is 0. The molecule has 0 aromatic rings. The topological polar surface area (TPSA) is 75.6 Å². The van der Waals surface area contributed by atoms with E-state index in [0.29, 0.717) is 0 Å². The van der Waals surface area contributed by atoms with E-state index >= 15 is 0 Å². The molecule has 2 N–H and O–H groups in total. The van der Waals surface area contributed by atoms with Gasteiger partial charge in [0.1, 0.15) is 6.10 Å². The Bertz CT molecular complexity index is 196. The molecule has 1 saturated carbocycles. The molecular weight excluding hydrogens is 198 g/mol. The lowest BCUT2D eigenvalue weighted by molar-refractivity contribution is -0.134. The van der Waals surface area contributed by atoms with Gasteiger partial charge in [0.2, 0.25) is 0 Å². The monoisotopic (exact) mass is 217 g/mol. The Morgan fingerprint density at radius 3 is 2.13 bits per heavy atom. The summed E-state index contributed by atoms with van der Waals surface area (Å²) in [4.78, 5) is 19.7. The van der Waals surface area contributed by atoms with E-state index in [2.05, 4.69) is 5.32 Å². The first-order chi connectivity index (χ1) is 7.06. The van der Waals surface area contributed by atoms with Crippen LogP contribution >= 0.6 is 0 Å². The first-order valence-electron chi connectivity index (χ1n) is 5.14. The van der Waals surface area contributed by atoms with Crippen LogP contribution in [0.1, 0.15) is 39.0 Å². The molecule has 1 amide bonds. The van der Waals surface area contributed by atoms with Crippen LogP contribution in [0.2, 0.25) is 0 Å². The molecule has 0 aromatic carbocycles. The van der Waals surface area contributed by atoms with E-state index in [9.17, 15) is 4.79 Å². The molecule has 5 nitrogen and oxygen atoms in total. The third kappa shape index (κ3) is 9.05. The Hall–Kier alpha value is -1.26. The van der Waals surface area contributed by atoms with Crippen molar-refractivity contribution >= 4 is 12.1 Å². The fraction of sp³-hybridized carbons (Fsp3) is 0.800. The van der Waals surface area contributed by atoms with Crippen LogP contribution in [0, 0.1) is 0 Å². The molecule has 15 heavy (non-hydrogen) atoms. The molecule has 1 aliphatic carbocycles. The maximum atomic E-state index is 10.7. The molecule has 5 heteroatoms. The van der Waals surface area contributed by atoms with Crippen molar-refractivity contribution in [2.75, 3.05) is 7.05 Å². The van der Waals surface area contributed by atoms with Crippen molar-refractivity contribution in [1.29, 1.82) is 0 Å². The Kier molecular flexibility index (Phi) is 7.40. The largest absolute Gasteiger partial charge is 0.481 e. The molecule has 0 heterocycles. The van der Waals surface area contributed by atoms with Gasteiger partial charge in [0.15, 0.2) is 0 Å². The molecular formula is C10H19NO4. The molecule has 0 aliphatic heterocycles. The summed E-state index contributed by atoms with van der Waals surface area (Å²) in [6.45, 7) is 1.08. The molecule has 0 aromatic heterocycles. The van der Waals surface area contributed by atoms with Crippen LogP contribution < -0.4 is 5.32 Å². The third-order valence-corrected chi connectivity index (χ3v) is 2.03. The van der Waals surface area contributed by atoms with Crippen molar-refractivity contribution in [3.05, 3.63) is 0 Å².